The van der Waals surface area contributed by atoms with Gasteiger partial charge in [0.05, 0.1) is 0 Å². The van der Waals surface area contributed by atoms with Crippen LogP contribution in [0.25, 0.3) is 0 Å². The molecule has 0 saturated carbocycles. The first-order valence-corrected chi connectivity index (χ1v) is 8.05. The van der Waals surface area contributed by atoms with Crippen LogP contribution in [0.4, 0.5) is 5.82 Å². The molecule has 0 atom stereocenters. The van der Waals surface area contributed by atoms with Crippen molar-refractivity contribution in [1.82, 2.24) is 15.4 Å². The zero-order chi connectivity index (χ0) is 16.9. The Balaban J connectivity index is 1.79. The summed E-state index contributed by atoms with van der Waals surface area (Å²) in [7, 11) is 0. The summed E-state index contributed by atoms with van der Waals surface area (Å²) in [5.74, 6) is 6.62. The Hall–Kier alpha value is -2.38. The predicted octanol–water partition coefficient (Wildman–Crippen LogP) is 1.91. The van der Waals surface area contributed by atoms with E-state index in [9.17, 15) is 4.79 Å². The van der Waals surface area contributed by atoms with E-state index >= 15 is 0 Å². The van der Waals surface area contributed by atoms with Gasteiger partial charge in [0.1, 0.15) is 23.7 Å². The summed E-state index contributed by atoms with van der Waals surface area (Å²) in [6, 6.07) is 7.06. The number of nitrogens with zero attached hydrogens (tertiary/aromatic N) is 3. The van der Waals surface area contributed by atoms with Crippen LogP contribution in [0.1, 0.15) is 29.0 Å². The Kier molecular flexibility index (Phi) is 5.12. The lowest BCUT2D eigenvalue weighted by Crippen LogP contribution is -2.33. The normalized spacial score (nSPS) is 13.8. The van der Waals surface area contributed by atoms with Crippen molar-refractivity contribution in [2.24, 2.45) is 5.84 Å². The van der Waals surface area contributed by atoms with Gasteiger partial charge in [0.2, 0.25) is 0 Å². The maximum atomic E-state index is 11.9. The SMILES string of the molecule is NNC(=O)c1cnc(COc2ccc(Cl)cc2)nc1N1CCCC1. The van der Waals surface area contributed by atoms with Crippen molar-refractivity contribution in [3.05, 3.63) is 46.9 Å². The molecule has 0 radical (unpaired) electrons. The third-order valence-corrected chi connectivity index (χ3v) is 4.03. The summed E-state index contributed by atoms with van der Waals surface area (Å²) >= 11 is 5.85. The van der Waals surface area contributed by atoms with Crippen LogP contribution in [0, 0.1) is 0 Å². The standard InChI is InChI=1S/C16H18ClN5O2/c17-11-3-5-12(6-4-11)24-10-14-19-9-13(16(23)21-18)15(20-14)22-7-1-2-8-22/h3-6,9H,1-2,7-8,10,18H2,(H,21,23). The van der Waals surface area contributed by atoms with E-state index < -0.39 is 5.91 Å². The number of amides is 1. The highest BCUT2D eigenvalue weighted by Crippen LogP contribution is 2.23. The van der Waals surface area contributed by atoms with E-state index in [1.54, 1.807) is 24.3 Å². The van der Waals surface area contributed by atoms with Crippen molar-refractivity contribution >= 4 is 23.3 Å². The van der Waals surface area contributed by atoms with E-state index in [-0.39, 0.29) is 6.61 Å². The van der Waals surface area contributed by atoms with Crippen molar-refractivity contribution in [3.8, 4) is 5.75 Å². The second kappa shape index (κ2) is 7.46. The number of nitrogen functional groups attached to an aromatic ring is 1. The molecule has 3 rings (SSSR count). The molecule has 7 nitrogen and oxygen atoms in total. The Morgan fingerprint density at radius 3 is 2.67 bits per heavy atom. The molecule has 1 aliphatic heterocycles. The van der Waals surface area contributed by atoms with Gasteiger partial charge >= 0.3 is 0 Å². The number of benzene rings is 1. The van der Waals surface area contributed by atoms with Crippen molar-refractivity contribution < 1.29 is 9.53 Å². The summed E-state index contributed by atoms with van der Waals surface area (Å²) in [4.78, 5) is 22.7. The maximum Gasteiger partial charge on any atom is 0.270 e. The molecule has 1 aromatic heterocycles. The lowest BCUT2D eigenvalue weighted by Gasteiger charge is -2.19. The molecule has 8 heteroatoms. The number of rotatable bonds is 5. The van der Waals surface area contributed by atoms with Crippen molar-refractivity contribution in [2.45, 2.75) is 19.4 Å². The van der Waals surface area contributed by atoms with Gasteiger partial charge in [0, 0.05) is 24.3 Å². The molecule has 3 N–H and O–H groups in total. The van der Waals surface area contributed by atoms with Gasteiger partial charge < -0.3 is 9.64 Å². The summed E-state index contributed by atoms with van der Waals surface area (Å²) in [6.45, 7) is 1.92. The number of carbonyl (C=O) groups is 1. The minimum atomic E-state index is -0.401. The van der Waals surface area contributed by atoms with Crippen molar-refractivity contribution in [2.75, 3.05) is 18.0 Å². The Morgan fingerprint density at radius 1 is 1.29 bits per heavy atom. The molecule has 24 heavy (non-hydrogen) atoms. The van der Waals surface area contributed by atoms with Gasteiger partial charge in [0.25, 0.3) is 5.91 Å². The average Bonchev–Trinajstić information content (AvgIpc) is 3.15. The Labute approximate surface area is 144 Å². The van der Waals surface area contributed by atoms with Crippen LogP contribution in [0.3, 0.4) is 0 Å². The number of hydrogen-bond acceptors (Lipinski definition) is 6. The number of hydrazine groups is 1. The van der Waals surface area contributed by atoms with Crippen molar-refractivity contribution in [3.63, 3.8) is 0 Å². The Bertz CT molecular complexity index is 717. The summed E-state index contributed by atoms with van der Waals surface area (Å²) in [5.41, 5.74) is 2.51. The maximum absolute atomic E-state index is 11.9. The van der Waals surface area contributed by atoms with E-state index in [1.165, 1.54) is 6.20 Å². The molecule has 1 amide bonds. The number of anilines is 1. The fraction of sp³-hybridized carbons (Fsp3) is 0.312. The first kappa shape index (κ1) is 16.5. The summed E-state index contributed by atoms with van der Waals surface area (Å²) in [6.07, 6.45) is 3.64. The minimum Gasteiger partial charge on any atom is -0.486 e. The van der Waals surface area contributed by atoms with Crippen LogP contribution >= 0.6 is 11.6 Å². The molecular formula is C16H18ClN5O2. The zero-order valence-corrected chi connectivity index (χ0v) is 13.8. The highest BCUT2D eigenvalue weighted by atomic mass is 35.5. The lowest BCUT2D eigenvalue weighted by molar-refractivity contribution is 0.0953. The Morgan fingerprint density at radius 2 is 2.00 bits per heavy atom. The second-order valence-corrected chi connectivity index (χ2v) is 5.87. The van der Waals surface area contributed by atoms with Crippen molar-refractivity contribution in [1.29, 1.82) is 0 Å². The first-order chi connectivity index (χ1) is 11.7. The highest BCUT2D eigenvalue weighted by Gasteiger charge is 2.22. The number of aromatic nitrogens is 2. The minimum absolute atomic E-state index is 0.201. The highest BCUT2D eigenvalue weighted by molar-refractivity contribution is 6.30. The van der Waals surface area contributed by atoms with Crippen LogP contribution in [0.15, 0.2) is 30.5 Å². The van der Waals surface area contributed by atoms with Gasteiger partial charge in [-0.3, -0.25) is 10.2 Å². The molecule has 1 aromatic carbocycles. The van der Waals surface area contributed by atoms with Crippen LogP contribution in [-0.2, 0) is 6.61 Å². The molecule has 0 unspecified atom stereocenters. The van der Waals surface area contributed by atoms with Crippen LogP contribution in [0.5, 0.6) is 5.75 Å². The van der Waals surface area contributed by atoms with E-state index in [0.717, 1.165) is 25.9 Å². The molecular weight excluding hydrogens is 330 g/mol. The van der Waals surface area contributed by atoms with Crippen LogP contribution in [-0.4, -0.2) is 29.0 Å². The van der Waals surface area contributed by atoms with Gasteiger partial charge in [-0.25, -0.2) is 15.8 Å². The topological polar surface area (TPSA) is 93.4 Å². The summed E-state index contributed by atoms with van der Waals surface area (Å²) in [5, 5.41) is 0.645. The third-order valence-electron chi connectivity index (χ3n) is 3.78. The molecule has 1 saturated heterocycles. The molecule has 126 valence electrons. The third kappa shape index (κ3) is 3.74. The lowest BCUT2D eigenvalue weighted by atomic mass is 10.2. The van der Waals surface area contributed by atoms with Crippen LogP contribution in [0.2, 0.25) is 5.02 Å². The number of carbonyl (C=O) groups excluding carboxylic acids is 1. The number of nitrogens with two attached hydrogens (primary N) is 1. The fourth-order valence-electron chi connectivity index (χ4n) is 2.56. The van der Waals surface area contributed by atoms with E-state index in [0.29, 0.717) is 28.0 Å². The van der Waals surface area contributed by atoms with Gasteiger partial charge in [-0.05, 0) is 37.1 Å². The molecule has 1 fully saturated rings. The predicted molar refractivity (Wildman–Crippen MR) is 90.9 cm³/mol. The van der Waals surface area contributed by atoms with E-state index in [4.69, 9.17) is 22.2 Å². The zero-order valence-electron chi connectivity index (χ0n) is 13.0. The van der Waals surface area contributed by atoms with Gasteiger partial charge in [0.15, 0.2) is 5.82 Å². The van der Waals surface area contributed by atoms with Gasteiger partial charge in [-0.2, -0.15) is 0 Å². The molecule has 0 aliphatic carbocycles. The molecule has 2 aromatic rings. The smallest absolute Gasteiger partial charge is 0.270 e. The first-order valence-electron chi connectivity index (χ1n) is 7.67. The second-order valence-electron chi connectivity index (χ2n) is 5.43. The van der Waals surface area contributed by atoms with Gasteiger partial charge in [-0.15, -0.1) is 0 Å². The quantitative estimate of drug-likeness (QED) is 0.487. The van der Waals surface area contributed by atoms with E-state index in [1.807, 2.05) is 0 Å². The molecule has 0 bridgehead atoms. The molecule has 1 aliphatic rings. The fourth-order valence-corrected chi connectivity index (χ4v) is 2.69. The number of hydrogen-bond donors (Lipinski definition) is 2. The van der Waals surface area contributed by atoms with Crippen LogP contribution < -0.4 is 20.9 Å². The molecule has 0 spiro atoms. The van der Waals surface area contributed by atoms with E-state index in [2.05, 4.69) is 20.3 Å². The monoisotopic (exact) mass is 347 g/mol. The average molecular weight is 348 g/mol. The number of ether oxygens (including phenoxy) is 1. The van der Waals surface area contributed by atoms with Gasteiger partial charge in [-0.1, -0.05) is 11.6 Å². The number of nitrogens with one attached hydrogen (secondary N) is 1. The number of halogens is 1. The largest absolute Gasteiger partial charge is 0.486 e. The molecule has 2 heterocycles. The summed E-state index contributed by atoms with van der Waals surface area (Å²) < 4.78 is 5.66.